The van der Waals surface area contributed by atoms with Gasteiger partial charge in [0.25, 0.3) is 5.91 Å². The van der Waals surface area contributed by atoms with E-state index >= 15 is 0 Å². The second-order valence-electron chi connectivity index (χ2n) is 8.46. The smallest absolute Gasteiger partial charge is 0.252 e. The van der Waals surface area contributed by atoms with E-state index in [2.05, 4.69) is 15.6 Å². The Morgan fingerprint density at radius 2 is 1.71 bits per heavy atom. The van der Waals surface area contributed by atoms with Crippen molar-refractivity contribution in [2.75, 3.05) is 6.54 Å². The number of para-hydroxylation sites is 1. The molecule has 0 aliphatic rings. The van der Waals surface area contributed by atoms with E-state index in [1.54, 1.807) is 12.1 Å². The van der Waals surface area contributed by atoms with Crippen LogP contribution in [0.1, 0.15) is 27.0 Å². The van der Waals surface area contributed by atoms with Gasteiger partial charge in [0.1, 0.15) is 11.8 Å². The second kappa shape index (κ2) is 10.2. The number of hydrogen-bond acceptors (Lipinski definition) is 5. The number of phenols is 3. The zero-order valence-corrected chi connectivity index (χ0v) is 19.2. The van der Waals surface area contributed by atoms with E-state index in [1.807, 2.05) is 43.5 Å². The molecule has 0 spiro atoms. The number of aromatic hydroxyl groups is 3. The summed E-state index contributed by atoms with van der Waals surface area (Å²) in [6, 6.07) is 15.9. The Labute approximate surface area is 202 Å². The zero-order chi connectivity index (χ0) is 24.9. The monoisotopic (exact) mass is 473 g/mol. The highest BCUT2D eigenvalue weighted by molar-refractivity contribution is 5.98. The van der Waals surface area contributed by atoms with Gasteiger partial charge in [0.05, 0.1) is 0 Å². The average molecular weight is 474 g/mol. The number of aromatic nitrogens is 1. The van der Waals surface area contributed by atoms with Gasteiger partial charge in [-0.2, -0.15) is 0 Å². The van der Waals surface area contributed by atoms with Gasteiger partial charge in [0, 0.05) is 35.6 Å². The van der Waals surface area contributed by atoms with Crippen LogP contribution in [0.2, 0.25) is 0 Å². The van der Waals surface area contributed by atoms with Crippen LogP contribution in [-0.4, -0.2) is 44.7 Å². The van der Waals surface area contributed by atoms with E-state index in [4.69, 9.17) is 0 Å². The van der Waals surface area contributed by atoms with Gasteiger partial charge >= 0.3 is 0 Å². The SMILES string of the molecule is Cc1cc(CCNC(=O)[C@H](Cc2c[nH]c3ccccc23)NC(=O)c2ccc(O)c(O)c2)ccc1O. The Bertz CT molecular complexity index is 1380. The minimum atomic E-state index is -0.876. The Balaban J connectivity index is 1.50. The fraction of sp³-hybridized carbons (Fsp3) is 0.185. The van der Waals surface area contributed by atoms with Gasteiger partial charge in [-0.05, 0) is 60.4 Å². The topological polar surface area (TPSA) is 135 Å². The first-order valence-corrected chi connectivity index (χ1v) is 11.3. The highest BCUT2D eigenvalue weighted by atomic mass is 16.3. The molecule has 0 aliphatic heterocycles. The number of aromatic amines is 1. The van der Waals surface area contributed by atoms with Crippen molar-refractivity contribution in [1.82, 2.24) is 15.6 Å². The predicted octanol–water partition coefficient (Wildman–Crippen LogP) is 3.29. The summed E-state index contributed by atoms with van der Waals surface area (Å²) in [5.41, 5.74) is 3.66. The van der Waals surface area contributed by atoms with Crippen LogP contribution in [0.3, 0.4) is 0 Å². The number of rotatable bonds is 8. The number of phenolic OH excluding ortho intramolecular Hbond substituents is 3. The van der Waals surface area contributed by atoms with Gasteiger partial charge in [-0.15, -0.1) is 0 Å². The van der Waals surface area contributed by atoms with E-state index in [9.17, 15) is 24.9 Å². The number of hydrogen-bond donors (Lipinski definition) is 6. The van der Waals surface area contributed by atoms with Crippen LogP contribution in [0.25, 0.3) is 10.9 Å². The highest BCUT2D eigenvalue weighted by Crippen LogP contribution is 2.25. The molecule has 1 atom stereocenters. The lowest BCUT2D eigenvalue weighted by Crippen LogP contribution is -2.48. The van der Waals surface area contributed by atoms with Crippen molar-refractivity contribution >= 4 is 22.7 Å². The quantitative estimate of drug-likeness (QED) is 0.218. The number of nitrogens with one attached hydrogen (secondary N) is 3. The second-order valence-corrected chi connectivity index (χ2v) is 8.46. The fourth-order valence-corrected chi connectivity index (χ4v) is 3.96. The molecule has 0 unspecified atom stereocenters. The minimum absolute atomic E-state index is 0.122. The normalized spacial score (nSPS) is 11.8. The molecule has 35 heavy (non-hydrogen) atoms. The number of benzene rings is 3. The summed E-state index contributed by atoms with van der Waals surface area (Å²) in [6.07, 6.45) is 2.64. The van der Waals surface area contributed by atoms with Crippen LogP contribution in [0.4, 0.5) is 0 Å². The molecule has 6 N–H and O–H groups in total. The van der Waals surface area contributed by atoms with Crippen molar-refractivity contribution in [1.29, 1.82) is 0 Å². The van der Waals surface area contributed by atoms with Crippen molar-refractivity contribution in [3.63, 3.8) is 0 Å². The Hall–Kier alpha value is -4.46. The van der Waals surface area contributed by atoms with Gasteiger partial charge < -0.3 is 30.9 Å². The fourth-order valence-electron chi connectivity index (χ4n) is 3.96. The van der Waals surface area contributed by atoms with Crippen LogP contribution in [0, 0.1) is 6.92 Å². The number of aryl methyl sites for hydroxylation is 1. The average Bonchev–Trinajstić information content (AvgIpc) is 3.25. The number of carbonyl (C=O) groups excluding carboxylic acids is 2. The van der Waals surface area contributed by atoms with Gasteiger partial charge in [0.2, 0.25) is 5.91 Å². The summed E-state index contributed by atoms with van der Waals surface area (Å²) >= 11 is 0. The van der Waals surface area contributed by atoms with Gasteiger partial charge in [0.15, 0.2) is 11.5 Å². The molecule has 2 amide bonds. The Morgan fingerprint density at radius 3 is 2.49 bits per heavy atom. The summed E-state index contributed by atoms with van der Waals surface area (Å²) in [4.78, 5) is 29.2. The maximum Gasteiger partial charge on any atom is 0.252 e. The highest BCUT2D eigenvalue weighted by Gasteiger charge is 2.23. The number of H-pyrrole nitrogens is 1. The van der Waals surface area contributed by atoms with Crippen molar-refractivity contribution in [3.8, 4) is 17.2 Å². The molecule has 4 rings (SSSR count). The summed E-state index contributed by atoms with van der Waals surface area (Å²) in [7, 11) is 0. The van der Waals surface area contributed by atoms with Crippen LogP contribution in [-0.2, 0) is 17.6 Å². The molecule has 0 radical (unpaired) electrons. The molecule has 0 bridgehead atoms. The lowest BCUT2D eigenvalue weighted by molar-refractivity contribution is -0.122. The first kappa shape index (κ1) is 23.7. The van der Waals surface area contributed by atoms with Crippen molar-refractivity contribution in [2.24, 2.45) is 0 Å². The molecular weight excluding hydrogens is 446 g/mol. The van der Waals surface area contributed by atoms with E-state index < -0.39 is 17.7 Å². The molecule has 0 saturated heterocycles. The van der Waals surface area contributed by atoms with Crippen LogP contribution in [0.5, 0.6) is 17.2 Å². The molecular formula is C27H27N3O5. The molecule has 8 nitrogen and oxygen atoms in total. The van der Waals surface area contributed by atoms with E-state index in [0.29, 0.717) is 13.0 Å². The first-order chi connectivity index (χ1) is 16.8. The molecule has 1 aromatic heterocycles. The third-order valence-electron chi connectivity index (χ3n) is 5.93. The third-order valence-corrected chi connectivity index (χ3v) is 5.93. The number of amides is 2. The van der Waals surface area contributed by atoms with Gasteiger partial charge in [-0.3, -0.25) is 9.59 Å². The van der Waals surface area contributed by atoms with Gasteiger partial charge in [-0.1, -0.05) is 30.3 Å². The Morgan fingerprint density at radius 1 is 0.943 bits per heavy atom. The standard InChI is InChI=1S/C27H27N3O5/c1-16-12-17(6-8-23(16)31)10-11-28-27(35)22(13-19-15-29-21-5-3-2-4-20(19)21)30-26(34)18-7-9-24(32)25(33)14-18/h2-9,12,14-15,22,29,31-33H,10-11,13H2,1H3,(H,28,35)(H,30,34)/t22-/m0/s1. The zero-order valence-electron chi connectivity index (χ0n) is 19.2. The predicted molar refractivity (Wildman–Crippen MR) is 133 cm³/mol. The molecule has 1 heterocycles. The first-order valence-electron chi connectivity index (χ1n) is 11.3. The van der Waals surface area contributed by atoms with Gasteiger partial charge in [-0.25, -0.2) is 0 Å². The summed E-state index contributed by atoms with van der Waals surface area (Å²) in [6.45, 7) is 2.16. The maximum absolute atomic E-state index is 13.1. The van der Waals surface area contributed by atoms with E-state index in [-0.39, 0.29) is 29.4 Å². The van der Waals surface area contributed by atoms with Crippen molar-refractivity contribution in [3.05, 3.63) is 89.1 Å². The number of fused-ring (bicyclic) bond motifs is 1. The summed E-state index contributed by atoms with van der Waals surface area (Å²) in [5, 5.41) is 35.6. The molecule has 0 fully saturated rings. The van der Waals surface area contributed by atoms with Crippen LogP contribution < -0.4 is 10.6 Å². The van der Waals surface area contributed by atoms with Crippen molar-refractivity contribution < 1.29 is 24.9 Å². The van der Waals surface area contributed by atoms with E-state index in [1.165, 1.54) is 12.1 Å². The summed E-state index contributed by atoms with van der Waals surface area (Å²) < 4.78 is 0. The lowest BCUT2D eigenvalue weighted by Gasteiger charge is -2.19. The largest absolute Gasteiger partial charge is 0.508 e. The molecule has 180 valence electrons. The van der Waals surface area contributed by atoms with Crippen LogP contribution in [0.15, 0.2) is 66.9 Å². The number of carbonyl (C=O) groups is 2. The molecule has 8 heteroatoms. The van der Waals surface area contributed by atoms with E-state index in [0.717, 1.165) is 33.7 Å². The Kier molecular flexibility index (Phi) is 6.91. The summed E-state index contributed by atoms with van der Waals surface area (Å²) in [5.74, 6) is -1.42. The third kappa shape index (κ3) is 5.55. The molecule has 0 saturated carbocycles. The van der Waals surface area contributed by atoms with Crippen molar-refractivity contribution in [2.45, 2.75) is 25.8 Å². The minimum Gasteiger partial charge on any atom is -0.508 e. The molecule has 4 aromatic rings. The van der Waals surface area contributed by atoms with Crippen LogP contribution >= 0.6 is 0 Å². The lowest BCUT2D eigenvalue weighted by atomic mass is 10.0. The molecule has 0 aliphatic carbocycles. The maximum atomic E-state index is 13.1. The molecule has 3 aromatic carbocycles.